The lowest BCUT2D eigenvalue weighted by Crippen LogP contribution is -2.28. The van der Waals surface area contributed by atoms with Crippen molar-refractivity contribution in [1.29, 1.82) is 0 Å². The molecule has 0 aliphatic carbocycles. The number of anilines is 1. The first-order chi connectivity index (χ1) is 11.6. The van der Waals surface area contributed by atoms with E-state index in [0.717, 1.165) is 24.1 Å². The van der Waals surface area contributed by atoms with Crippen LogP contribution in [0.3, 0.4) is 0 Å². The summed E-state index contributed by atoms with van der Waals surface area (Å²) in [4.78, 5) is 11.8. The van der Waals surface area contributed by atoms with Crippen LogP contribution < -0.4 is 15.4 Å². The van der Waals surface area contributed by atoms with Crippen LogP contribution in [-0.2, 0) is 6.54 Å². The zero-order valence-electron chi connectivity index (χ0n) is 14.2. The smallest absolute Gasteiger partial charge is 0.410 e. The summed E-state index contributed by atoms with van der Waals surface area (Å²) in [6, 6.07) is 17.0. The second kappa shape index (κ2) is 8.89. The largest absolute Gasteiger partial charge is 0.417 e. The lowest BCUT2D eigenvalue weighted by molar-refractivity contribution is 0.215. The van der Waals surface area contributed by atoms with E-state index >= 15 is 0 Å². The molecule has 126 valence electrons. The van der Waals surface area contributed by atoms with Crippen LogP contribution in [-0.4, -0.2) is 12.1 Å². The van der Waals surface area contributed by atoms with E-state index < -0.39 is 6.09 Å². The lowest BCUT2D eigenvalue weighted by Gasteiger charge is -2.17. The standard InChI is InChI=1S/C20H24N2O2/c1-4-19(15(2)3)21-14-16-10-12-17(13-11-16)22-20(23)24-18-8-6-5-7-9-18/h5-13,19,21H,2,4,14H2,1,3H3,(H,22,23). The maximum Gasteiger partial charge on any atom is 0.417 e. The van der Waals surface area contributed by atoms with Crippen molar-refractivity contribution in [2.24, 2.45) is 0 Å². The predicted molar refractivity (Wildman–Crippen MR) is 98.3 cm³/mol. The number of hydrogen-bond donors (Lipinski definition) is 2. The number of carbonyl (C=O) groups is 1. The van der Waals surface area contributed by atoms with Gasteiger partial charge < -0.3 is 10.1 Å². The number of para-hydroxylation sites is 1. The number of nitrogens with one attached hydrogen (secondary N) is 2. The minimum atomic E-state index is -0.500. The molecule has 0 bridgehead atoms. The summed E-state index contributed by atoms with van der Waals surface area (Å²) in [5.41, 5.74) is 2.99. The summed E-state index contributed by atoms with van der Waals surface area (Å²) < 4.78 is 5.20. The van der Waals surface area contributed by atoms with Crippen molar-refractivity contribution in [3.63, 3.8) is 0 Å². The highest BCUT2D eigenvalue weighted by atomic mass is 16.6. The van der Waals surface area contributed by atoms with Crippen LogP contribution in [0, 0.1) is 0 Å². The molecule has 2 rings (SSSR count). The van der Waals surface area contributed by atoms with Gasteiger partial charge in [0.1, 0.15) is 5.75 Å². The Morgan fingerprint density at radius 3 is 2.38 bits per heavy atom. The topological polar surface area (TPSA) is 50.4 Å². The van der Waals surface area contributed by atoms with Crippen molar-refractivity contribution in [2.75, 3.05) is 5.32 Å². The fraction of sp³-hybridized carbons (Fsp3) is 0.250. The maximum atomic E-state index is 11.8. The zero-order chi connectivity index (χ0) is 17.4. The molecule has 2 aromatic carbocycles. The number of amides is 1. The molecule has 0 spiro atoms. The zero-order valence-corrected chi connectivity index (χ0v) is 14.2. The molecular formula is C20H24N2O2. The highest BCUT2D eigenvalue weighted by Gasteiger charge is 2.07. The van der Waals surface area contributed by atoms with Gasteiger partial charge in [-0.2, -0.15) is 0 Å². The first kappa shape index (κ1) is 17.8. The highest BCUT2D eigenvalue weighted by molar-refractivity contribution is 5.86. The molecule has 0 aliphatic heterocycles. The van der Waals surface area contributed by atoms with Gasteiger partial charge in [0.05, 0.1) is 0 Å². The Morgan fingerprint density at radius 2 is 1.79 bits per heavy atom. The van der Waals surface area contributed by atoms with Crippen LogP contribution in [0.2, 0.25) is 0 Å². The van der Waals surface area contributed by atoms with Gasteiger partial charge in [-0.1, -0.05) is 49.4 Å². The molecule has 0 radical (unpaired) electrons. The number of ether oxygens (including phenoxy) is 1. The SMILES string of the molecule is C=C(C)C(CC)NCc1ccc(NC(=O)Oc2ccccc2)cc1. The Balaban J connectivity index is 1.85. The van der Waals surface area contributed by atoms with E-state index in [1.807, 2.05) is 49.4 Å². The number of carbonyl (C=O) groups excluding carboxylic acids is 1. The monoisotopic (exact) mass is 324 g/mol. The van der Waals surface area contributed by atoms with Gasteiger partial charge in [-0.3, -0.25) is 5.32 Å². The third-order valence-corrected chi connectivity index (χ3v) is 3.71. The quantitative estimate of drug-likeness (QED) is 0.723. The average molecular weight is 324 g/mol. The van der Waals surface area contributed by atoms with E-state index in [4.69, 9.17) is 4.74 Å². The highest BCUT2D eigenvalue weighted by Crippen LogP contribution is 2.13. The molecule has 0 aromatic heterocycles. The fourth-order valence-electron chi connectivity index (χ4n) is 2.35. The molecule has 2 N–H and O–H groups in total. The second-order valence-electron chi connectivity index (χ2n) is 5.71. The Hall–Kier alpha value is -2.59. The van der Waals surface area contributed by atoms with Gasteiger partial charge in [-0.25, -0.2) is 4.79 Å². The Labute approximate surface area is 143 Å². The van der Waals surface area contributed by atoms with Crippen molar-refractivity contribution in [2.45, 2.75) is 32.9 Å². The van der Waals surface area contributed by atoms with Gasteiger partial charge in [0.2, 0.25) is 0 Å². The van der Waals surface area contributed by atoms with E-state index in [2.05, 4.69) is 24.1 Å². The number of benzene rings is 2. The summed E-state index contributed by atoms with van der Waals surface area (Å²) in [6.07, 6.45) is 0.515. The molecule has 24 heavy (non-hydrogen) atoms. The van der Waals surface area contributed by atoms with E-state index in [9.17, 15) is 4.79 Å². The molecule has 1 amide bonds. The second-order valence-corrected chi connectivity index (χ2v) is 5.71. The number of rotatable bonds is 7. The first-order valence-corrected chi connectivity index (χ1v) is 8.10. The minimum absolute atomic E-state index is 0.323. The van der Waals surface area contributed by atoms with Crippen LogP contribution in [0.25, 0.3) is 0 Å². The van der Waals surface area contributed by atoms with Crippen LogP contribution in [0.1, 0.15) is 25.8 Å². The van der Waals surface area contributed by atoms with Gasteiger partial charge in [0.25, 0.3) is 0 Å². The Kier molecular flexibility index (Phi) is 6.58. The first-order valence-electron chi connectivity index (χ1n) is 8.10. The summed E-state index contributed by atoms with van der Waals surface area (Å²) in [7, 11) is 0. The molecule has 0 heterocycles. The predicted octanol–water partition coefficient (Wildman–Crippen LogP) is 4.74. The summed E-state index contributed by atoms with van der Waals surface area (Å²) >= 11 is 0. The Bertz CT molecular complexity index is 666. The van der Waals surface area contributed by atoms with E-state index in [0.29, 0.717) is 17.5 Å². The van der Waals surface area contributed by atoms with Crippen LogP contribution in [0.5, 0.6) is 5.75 Å². The summed E-state index contributed by atoms with van der Waals surface area (Å²) in [6.45, 7) is 8.93. The maximum absolute atomic E-state index is 11.8. The molecule has 1 unspecified atom stereocenters. The molecule has 0 aliphatic rings. The van der Waals surface area contributed by atoms with Gasteiger partial charge >= 0.3 is 6.09 Å². The van der Waals surface area contributed by atoms with Crippen molar-refractivity contribution >= 4 is 11.8 Å². The molecule has 4 heteroatoms. The molecule has 0 saturated carbocycles. The molecule has 0 saturated heterocycles. The molecule has 4 nitrogen and oxygen atoms in total. The van der Waals surface area contributed by atoms with Gasteiger partial charge in [0.15, 0.2) is 0 Å². The third-order valence-electron chi connectivity index (χ3n) is 3.71. The van der Waals surface area contributed by atoms with E-state index in [-0.39, 0.29) is 0 Å². The van der Waals surface area contributed by atoms with Crippen LogP contribution in [0.15, 0.2) is 66.7 Å². The van der Waals surface area contributed by atoms with Crippen molar-refractivity contribution in [1.82, 2.24) is 5.32 Å². The minimum Gasteiger partial charge on any atom is -0.410 e. The normalized spacial score (nSPS) is 11.6. The van der Waals surface area contributed by atoms with Crippen molar-refractivity contribution in [3.05, 3.63) is 72.3 Å². The molecule has 2 aromatic rings. The van der Waals surface area contributed by atoms with Gasteiger partial charge in [0, 0.05) is 18.3 Å². The van der Waals surface area contributed by atoms with Crippen molar-refractivity contribution in [3.8, 4) is 5.75 Å². The van der Waals surface area contributed by atoms with E-state index in [1.54, 1.807) is 12.1 Å². The third kappa shape index (κ3) is 5.56. The van der Waals surface area contributed by atoms with Crippen molar-refractivity contribution < 1.29 is 9.53 Å². The van der Waals surface area contributed by atoms with Gasteiger partial charge in [-0.05, 0) is 43.2 Å². The fourth-order valence-corrected chi connectivity index (χ4v) is 2.35. The molecular weight excluding hydrogens is 300 g/mol. The van der Waals surface area contributed by atoms with Crippen LogP contribution >= 0.6 is 0 Å². The van der Waals surface area contributed by atoms with Gasteiger partial charge in [-0.15, -0.1) is 0 Å². The Morgan fingerprint density at radius 1 is 1.12 bits per heavy atom. The average Bonchev–Trinajstić information content (AvgIpc) is 2.57. The summed E-state index contributed by atoms with van der Waals surface area (Å²) in [5.74, 6) is 0.515. The molecule has 1 atom stereocenters. The van der Waals surface area contributed by atoms with E-state index in [1.165, 1.54) is 0 Å². The molecule has 0 fully saturated rings. The lowest BCUT2D eigenvalue weighted by atomic mass is 10.1. The van der Waals surface area contributed by atoms with Crippen LogP contribution in [0.4, 0.5) is 10.5 Å². The summed E-state index contributed by atoms with van der Waals surface area (Å²) in [5, 5.41) is 6.18. The number of hydrogen-bond acceptors (Lipinski definition) is 3.